The average molecular weight is 423 g/mol. The number of aromatic nitrogens is 2. The lowest BCUT2D eigenvalue weighted by molar-refractivity contribution is -0.134. The Morgan fingerprint density at radius 1 is 1.20 bits per heavy atom. The molecule has 3 heterocycles. The lowest BCUT2D eigenvalue weighted by Crippen LogP contribution is -2.38. The van der Waals surface area contributed by atoms with E-state index in [0.717, 1.165) is 18.5 Å². The Labute approximate surface area is 180 Å². The second-order valence-electron chi connectivity index (χ2n) is 7.62. The van der Waals surface area contributed by atoms with Crippen LogP contribution in [0.25, 0.3) is 10.4 Å². The van der Waals surface area contributed by atoms with Crippen molar-refractivity contribution in [2.45, 2.75) is 19.8 Å². The van der Waals surface area contributed by atoms with Gasteiger partial charge in [0.1, 0.15) is 5.69 Å². The molecular formula is C23H26N4O2S. The van der Waals surface area contributed by atoms with E-state index in [-0.39, 0.29) is 17.7 Å². The molecule has 7 heteroatoms. The summed E-state index contributed by atoms with van der Waals surface area (Å²) in [5.41, 5.74) is 2.76. The molecule has 1 fully saturated rings. The fourth-order valence-corrected chi connectivity index (χ4v) is 4.68. The Morgan fingerprint density at radius 3 is 2.70 bits per heavy atom. The van der Waals surface area contributed by atoms with E-state index in [1.165, 1.54) is 10.4 Å². The van der Waals surface area contributed by atoms with Gasteiger partial charge in [0, 0.05) is 37.3 Å². The fourth-order valence-electron chi connectivity index (χ4n) is 3.95. The molecule has 1 saturated heterocycles. The van der Waals surface area contributed by atoms with Crippen molar-refractivity contribution >= 4 is 23.2 Å². The molecule has 3 aromatic rings. The van der Waals surface area contributed by atoms with Crippen molar-refractivity contribution in [1.29, 1.82) is 0 Å². The molecular weight excluding hydrogens is 396 g/mol. The molecule has 1 N–H and O–H groups in total. The predicted octanol–water partition coefficient (Wildman–Crippen LogP) is 3.69. The summed E-state index contributed by atoms with van der Waals surface area (Å²) in [7, 11) is 0. The lowest BCUT2D eigenvalue weighted by atomic mass is 9.96. The second kappa shape index (κ2) is 9.26. The van der Waals surface area contributed by atoms with Crippen LogP contribution in [0.1, 0.15) is 29.4 Å². The van der Waals surface area contributed by atoms with Crippen LogP contribution in [-0.2, 0) is 11.2 Å². The first-order valence-electron chi connectivity index (χ1n) is 10.4. The highest BCUT2D eigenvalue weighted by Gasteiger charge is 2.32. The zero-order valence-electron chi connectivity index (χ0n) is 17.1. The van der Waals surface area contributed by atoms with Crippen molar-refractivity contribution in [3.8, 4) is 10.4 Å². The van der Waals surface area contributed by atoms with Crippen LogP contribution < -0.4 is 0 Å². The number of aromatic amines is 1. The van der Waals surface area contributed by atoms with Crippen LogP contribution in [0.4, 0.5) is 0 Å². The maximum absolute atomic E-state index is 13.2. The minimum absolute atomic E-state index is 0.100. The maximum Gasteiger partial charge on any atom is 0.271 e. The number of carbonyl (C=O) groups excluding carboxylic acids is 2. The molecule has 2 aromatic heterocycles. The van der Waals surface area contributed by atoms with Gasteiger partial charge < -0.3 is 9.80 Å². The smallest absolute Gasteiger partial charge is 0.271 e. The molecule has 1 aromatic carbocycles. The molecule has 0 bridgehead atoms. The Morgan fingerprint density at radius 2 is 2.03 bits per heavy atom. The molecule has 156 valence electrons. The van der Waals surface area contributed by atoms with Crippen LogP contribution >= 0.6 is 11.3 Å². The fraction of sp³-hybridized carbons (Fsp3) is 0.348. The van der Waals surface area contributed by atoms with Crippen LogP contribution in [0.5, 0.6) is 0 Å². The summed E-state index contributed by atoms with van der Waals surface area (Å²) in [5, 5.41) is 8.71. The number of rotatable bonds is 6. The minimum atomic E-state index is -0.251. The Kier molecular flexibility index (Phi) is 6.28. The highest BCUT2D eigenvalue weighted by molar-refractivity contribution is 7.13. The van der Waals surface area contributed by atoms with Crippen molar-refractivity contribution in [2.24, 2.45) is 5.92 Å². The van der Waals surface area contributed by atoms with Gasteiger partial charge >= 0.3 is 0 Å². The van der Waals surface area contributed by atoms with Gasteiger partial charge in [0.25, 0.3) is 5.91 Å². The number of thiophene rings is 1. The predicted molar refractivity (Wildman–Crippen MR) is 118 cm³/mol. The van der Waals surface area contributed by atoms with Crippen molar-refractivity contribution in [2.75, 3.05) is 26.2 Å². The SMILES string of the molecule is CCCN1CCN(C(=O)c2ccn[nH]2)CC(Cc2ccc(-c3cccs3)cc2)C1=O. The number of amides is 2. The Hall–Kier alpha value is -2.93. The summed E-state index contributed by atoms with van der Waals surface area (Å²) in [4.78, 5) is 31.0. The van der Waals surface area contributed by atoms with Crippen molar-refractivity contribution < 1.29 is 9.59 Å². The van der Waals surface area contributed by atoms with Crippen molar-refractivity contribution in [3.05, 3.63) is 65.3 Å². The summed E-state index contributed by atoms with van der Waals surface area (Å²) in [6.45, 7) is 4.32. The number of hydrogen-bond acceptors (Lipinski definition) is 4. The third kappa shape index (κ3) is 4.46. The minimum Gasteiger partial charge on any atom is -0.341 e. The molecule has 1 aliphatic rings. The molecule has 6 nitrogen and oxygen atoms in total. The molecule has 4 rings (SSSR count). The number of benzene rings is 1. The van der Waals surface area contributed by atoms with Gasteiger partial charge in [-0.25, -0.2) is 0 Å². The first-order chi connectivity index (χ1) is 14.7. The van der Waals surface area contributed by atoms with Crippen LogP contribution in [0.2, 0.25) is 0 Å². The van der Waals surface area contributed by atoms with Gasteiger partial charge in [-0.3, -0.25) is 14.7 Å². The highest BCUT2D eigenvalue weighted by atomic mass is 32.1. The van der Waals surface area contributed by atoms with Crippen molar-refractivity contribution in [3.63, 3.8) is 0 Å². The molecule has 0 saturated carbocycles. The Bertz CT molecular complexity index is 967. The molecule has 0 aliphatic carbocycles. The van der Waals surface area contributed by atoms with Gasteiger partial charge in [0.15, 0.2) is 0 Å². The van der Waals surface area contributed by atoms with E-state index < -0.39 is 0 Å². The van der Waals surface area contributed by atoms with Crippen LogP contribution in [0.3, 0.4) is 0 Å². The van der Waals surface area contributed by atoms with Gasteiger partial charge in [0.2, 0.25) is 5.91 Å². The van der Waals surface area contributed by atoms with E-state index in [1.807, 2.05) is 11.0 Å². The molecule has 2 amide bonds. The topological polar surface area (TPSA) is 69.3 Å². The van der Waals surface area contributed by atoms with E-state index in [9.17, 15) is 9.59 Å². The van der Waals surface area contributed by atoms with E-state index in [4.69, 9.17) is 0 Å². The Balaban J connectivity index is 1.53. The molecule has 0 radical (unpaired) electrons. The molecule has 1 aliphatic heterocycles. The molecule has 0 spiro atoms. The summed E-state index contributed by atoms with van der Waals surface area (Å²) in [6.07, 6.45) is 3.10. The quantitative estimate of drug-likeness (QED) is 0.659. The first kappa shape index (κ1) is 20.3. The van der Waals surface area contributed by atoms with Gasteiger partial charge in [-0.05, 0) is 41.5 Å². The second-order valence-corrected chi connectivity index (χ2v) is 8.57. The van der Waals surface area contributed by atoms with E-state index >= 15 is 0 Å². The third-order valence-corrected chi connectivity index (χ3v) is 6.41. The maximum atomic E-state index is 13.2. The summed E-state index contributed by atoms with van der Waals surface area (Å²) in [5.74, 6) is -0.214. The molecule has 1 unspecified atom stereocenters. The molecule has 30 heavy (non-hydrogen) atoms. The van der Waals surface area contributed by atoms with Crippen molar-refractivity contribution in [1.82, 2.24) is 20.0 Å². The highest BCUT2D eigenvalue weighted by Crippen LogP contribution is 2.26. The van der Waals surface area contributed by atoms with Crippen LogP contribution in [0.15, 0.2) is 54.0 Å². The zero-order valence-corrected chi connectivity index (χ0v) is 17.9. The zero-order chi connectivity index (χ0) is 20.9. The monoisotopic (exact) mass is 422 g/mol. The lowest BCUT2D eigenvalue weighted by Gasteiger charge is -2.23. The number of hydrogen-bond donors (Lipinski definition) is 1. The molecule has 1 atom stereocenters. The number of carbonyl (C=O) groups is 2. The largest absolute Gasteiger partial charge is 0.341 e. The number of nitrogens with zero attached hydrogens (tertiary/aromatic N) is 3. The van der Waals surface area contributed by atoms with E-state index in [2.05, 4.69) is 52.8 Å². The number of nitrogens with one attached hydrogen (secondary N) is 1. The van der Waals surface area contributed by atoms with Gasteiger partial charge in [-0.2, -0.15) is 5.10 Å². The number of H-pyrrole nitrogens is 1. The van der Waals surface area contributed by atoms with Crippen LogP contribution in [-0.4, -0.2) is 58.0 Å². The summed E-state index contributed by atoms with van der Waals surface area (Å²) < 4.78 is 0. The van der Waals surface area contributed by atoms with Gasteiger partial charge in [0.05, 0.1) is 5.92 Å². The third-order valence-electron chi connectivity index (χ3n) is 5.50. The van der Waals surface area contributed by atoms with E-state index in [1.54, 1.807) is 28.5 Å². The van der Waals surface area contributed by atoms with Crippen LogP contribution in [0, 0.1) is 5.92 Å². The van der Waals surface area contributed by atoms with Gasteiger partial charge in [-0.15, -0.1) is 11.3 Å². The first-order valence-corrected chi connectivity index (χ1v) is 11.2. The standard InChI is InChI=1S/C23H26N4O2S/c1-2-11-26-12-13-27(23(29)20-9-10-24-25-20)16-19(22(26)28)15-17-5-7-18(8-6-17)21-4-3-14-30-21/h3-10,14,19H,2,11-13,15-16H2,1H3,(H,24,25). The summed E-state index contributed by atoms with van der Waals surface area (Å²) in [6, 6.07) is 14.2. The summed E-state index contributed by atoms with van der Waals surface area (Å²) >= 11 is 1.72. The van der Waals surface area contributed by atoms with Gasteiger partial charge in [-0.1, -0.05) is 37.3 Å². The normalized spacial score (nSPS) is 17.2. The average Bonchev–Trinajstić information content (AvgIpc) is 3.46. The van der Waals surface area contributed by atoms with E-state index in [0.29, 0.717) is 31.7 Å².